The molecule has 0 aromatic rings. The van der Waals surface area contributed by atoms with Crippen molar-refractivity contribution in [3.05, 3.63) is 23.0 Å². The molecule has 0 bridgehead atoms. The number of phosphoric acid groups is 1. The highest BCUT2D eigenvalue weighted by Gasteiger charge is 2.35. The van der Waals surface area contributed by atoms with Gasteiger partial charge < -0.3 is 4.89 Å². The minimum Gasteiger partial charge on any atom is -0.302 e. The van der Waals surface area contributed by atoms with Crippen LogP contribution in [0, 0.1) is 0 Å². The van der Waals surface area contributed by atoms with Crippen LogP contribution in [0.4, 0.5) is 0 Å². The van der Waals surface area contributed by atoms with Crippen molar-refractivity contribution in [2.75, 3.05) is 11.5 Å². The molecule has 0 spiro atoms. The number of rotatable bonds is 4. The molecular weight excluding hydrogens is 319 g/mol. The van der Waals surface area contributed by atoms with E-state index >= 15 is 0 Å². The van der Waals surface area contributed by atoms with Crippen LogP contribution in [0.2, 0.25) is 0 Å². The molecule has 1 N–H and O–H groups in total. The average Bonchev–Trinajstić information content (AvgIpc) is 2.68. The third-order valence-corrected chi connectivity index (χ3v) is 6.14. The van der Waals surface area contributed by atoms with E-state index in [1.165, 1.54) is 0 Å². The molecule has 2 atom stereocenters. The van der Waals surface area contributed by atoms with Crippen molar-refractivity contribution in [2.24, 2.45) is 0 Å². The first-order valence-corrected chi connectivity index (χ1v) is 10.0. The summed E-state index contributed by atoms with van der Waals surface area (Å²) in [4.78, 5) is 9.43. The number of hydrogen-bond acceptors (Lipinski definition) is 7. The van der Waals surface area contributed by atoms with E-state index in [-0.39, 0.29) is 0 Å². The maximum absolute atomic E-state index is 11.6. The van der Waals surface area contributed by atoms with Crippen LogP contribution < -0.4 is 0 Å². The Labute approximate surface area is 110 Å². The summed E-state index contributed by atoms with van der Waals surface area (Å²) in [6, 6.07) is 0. The minimum absolute atomic E-state index is 0.445. The molecule has 0 saturated heterocycles. The lowest BCUT2D eigenvalue weighted by molar-refractivity contribution is 0.119. The van der Waals surface area contributed by atoms with Gasteiger partial charge in [-0.2, -0.15) is 0 Å². The summed E-state index contributed by atoms with van der Waals surface area (Å²) in [5.41, 5.74) is 0. The second-order valence-corrected chi connectivity index (χ2v) is 9.29. The third kappa shape index (κ3) is 4.23. The zero-order valence-electron chi connectivity index (χ0n) is 9.45. The summed E-state index contributed by atoms with van der Waals surface area (Å²) < 4.78 is 65.3. The molecule has 0 aromatic heterocycles. The van der Waals surface area contributed by atoms with E-state index in [4.69, 9.17) is 0 Å². The molecule has 2 heterocycles. The third-order valence-electron chi connectivity index (χ3n) is 2.33. The fourth-order valence-electron chi connectivity index (χ4n) is 1.59. The standard InChI is InChI=1S/C8H11O8PS2/c9-17(10,15-7-1-3-18(11,12)5-7)16-8-2-4-19(13,14)6-8/h1-4,7-8H,5-6H2,(H,9,10). The predicted molar refractivity (Wildman–Crippen MR) is 65.4 cm³/mol. The van der Waals surface area contributed by atoms with E-state index in [0.29, 0.717) is 0 Å². The van der Waals surface area contributed by atoms with Gasteiger partial charge in [0.2, 0.25) is 0 Å². The average molecular weight is 330 g/mol. The normalized spacial score (nSPS) is 34.4. The van der Waals surface area contributed by atoms with E-state index in [0.717, 1.165) is 23.0 Å². The Kier molecular flexibility index (Phi) is 3.76. The van der Waals surface area contributed by atoms with Gasteiger partial charge in [-0.25, -0.2) is 21.4 Å². The lowest BCUT2D eigenvalue weighted by atomic mass is 10.4. The molecule has 0 amide bonds. The lowest BCUT2D eigenvalue weighted by Gasteiger charge is -2.17. The molecule has 0 fully saturated rings. The highest BCUT2D eigenvalue weighted by atomic mass is 32.2. The van der Waals surface area contributed by atoms with Crippen LogP contribution >= 0.6 is 7.82 Å². The van der Waals surface area contributed by atoms with Crippen LogP contribution in [-0.4, -0.2) is 45.4 Å². The van der Waals surface area contributed by atoms with Gasteiger partial charge in [-0.3, -0.25) is 9.05 Å². The Morgan fingerprint density at radius 1 is 0.947 bits per heavy atom. The smallest absolute Gasteiger partial charge is 0.302 e. The van der Waals surface area contributed by atoms with Crippen molar-refractivity contribution in [1.29, 1.82) is 0 Å². The van der Waals surface area contributed by atoms with Gasteiger partial charge in [0.15, 0.2) is 19.7 Å². The molecule has 11 heteroatoms. The summed E-state index contributed by atoms with van der Waals surface area (Å²) in [6.45, 7) is 0. The van der Waals surface area contributed by atoms with Gasteiger partial charge in [-0.1, -0.05) is 0 Å². The topological polar surface area (TPSA) is 124 Å². The summed E-state index contributed by atoms with van der Waals surface area (Å²) in [7, 11) is -11.4. The molecule has 19 heavy (non-hydrogen) atoms. The Balaban J connectivity index is 1.96. The first-order chi connectivity index (χ1) is 8.57. The molecule has 0 aromatic carbocycles. The molecule has 8 nitrogen and oxygen atoms in total. The van der Waals surface area contributed by atoms with Gasteiger partial charge in [0.1, 0.15) is 12.2 Å². The molecule has 2 unspecified atom stereocenters. The van der Waals surface area contributed by atoms with Crippen LogP contribution in [0.25, 0.3) is 0 Å². The van der Waals surface area contributed by atoms with Crippen molar-refractivity contribution in [2.45, 2.75) is 12.2 Å². The van der Waals surface area contributed by atoms with Gasteiger partial charge >= 0.3 is 7.82 Å². The van der Waals surface area contributed by atoms with E-state index in [1.807, 2.05) is 0 Å². The van der Waals surface area contributed by atoms with Gasteiger partial charge in [0.05, 0.1) is 11.5 Å². The minimum atomic E-state index is -4.54. The van der Waals surface area contributed by atoms with Gasteiger partial charge in [-0.15, -0.1) is 0 Å². The fourth-order valence-corrected chi connectivity index (χ4v) is 5.14. The maximum atomic E-state index is 11.6. The van der Waals surface area contributed by atoms with Gasteiger partial charge in [0.25, 0.3) is 0 Å². The maximum Gasteiger partial charge on any atom is 0.473 e. The van der Waals surface area contributed by atoms with Gasteiger partial charge in [0, 0.05) is 10.8 Å². The zero-order valence-corrected chi connectivity index (χ0v) is 12.0. The Morgan fingerprint density at radius 3 is 1.58 bits per heavy atom. The number of sulfone groups is 2. The molecule has 2 aliphatic rings. The Hall–Kier alpha value is -0.510. The summed E-state index contributed by atoms with van der Waals surface area (Å²) in [5.74, 6) is -0.889. The first kappa shape index (κ1) is 14.9. The van der Waals surface area contributed by atoms with Crippen LogP contribution in [0.1, 0.15) is 0 Å². The Morgan fingerprint density at radius 2 is 1.32 bits per heavy atom. The molecule has 0 saturated carbocycles. The SMILES string of the molecule is O=P(O)(OC1C=CS(=O)(=O)C1)OC1C=CS(=O)(=O)C1. The summed E-state index contributed by atoms with van der Waals surface area (Å²) >= 11 is 0. The van der Waals surface area contributed by atoms with Crippen LogP contribution in [0.3, 0.4) is 0 Å². The summed E-state index contributed by atoms with van der Waals surface area (Å²) in [6.07, 6.45) is 0.0941. The van der Waals surface area contributed by atoms with E-state index < -0.39 is 51.2 Å². The molecule has 2 aliphatic heterocycles. The number of phosphoric ester groups is 1. The van der Waals surface area contributed by atoms with Gasteiger partial charge in [-0.05, 0) is 12.2 Å². The number of hydrogen-bond donors (Lipinski definition) is 1. The highest BCUT2D eigenvalue weighted by Crippen LogP contribution is 2.47. The van der Waals surface area contributed by atoms with E-state index in [2.05, 4.69) is 9.05 Å². The zero-order chi connectivity index (χ0) is 14.3. The second-order valence-electron chi connectivity index (χ2n) is 4.07. The largest absolute Gasteiger partial charge is 0.473 e. The molecule has 108 valence electrons. The molecular formula is C8H11O8PS2. The molecule has 2 rings (SSSR count). The van der Waals surface area contributed by atoms with Crippen molar-refractivity contribution < 1.29 is 35.3 Å². The molecule has 0 aliphatic carbocycles. The van der Waals surface area contributed by atoms with Crippen LogP contribution in [0.5, 0.6) is 0 Å². The fraction of sp³-hybridized carbons (Fsp3) is 0.500. The first-order valence-electron chi connectivity index (χ1n) is 5.08. The second kappa shape index (κ2) is 4.80. The van der Waals surface area contributed by atoms with Crippen LogP contribution in [0.15, 0.2) is 23.0 Å². The Bertz CT molecular complexity index is 618. The van der Waals surface area contributed by atoms with Crippen molar-refractivity contribution in [1.82, 2.24) is 0 Å². The summed E-state index contributed by atoms with van der Waals surface area (Å²) in [5, 5.41) is 1.77. The van der Waals surface area contributed by atoms with Crippen LogP contribution in [-0.2, 0) is 33.3 Å². The highest BCUT2D eigenvalue weighted by molar-refractivity contribution is 7.94. The van der Waals surface area contributed by atoms with E-state index in [1.54, 1.807) is 0 Å². The monoisotopic (exact) mass is 330 g/mol. The quantitative estimate of drug-likeness (QED) is 0.699. The van der Waals surface area contributed by atoms with Crippen molar-refractivity contribution in [3.8, 4) is 0 Å². The van der Waals surface area contributed by atoms with Crippen molar-refractivity contribution in [3.63, 3.8) is 0 Å². The van der Waals surface area contributed by atoms with E-state index in [9.17, 15) is 26.3 Å². The predicted octanol–water partition coefficient (Wildman–Crippen LogP) is -0.259. The lowest BCUT2D eigenvalue weighted by Crippen LogP contribution is -2.18. The van der Waals surface area contributed by atoms with Crippen molar-refractivity contribution >= 4 is 27.5 Å². The molecule has 0 radical (unpaired) electrons.